The highest BCUT2D eigenvalue weighted by atomic mass is 16.5. The zero-order chi connectivity index (χ0) is 9.84. The highest BCUT2D eigenvalue weighted by molar-refractivity contribution is 5.54. The van der Waals surface area contributed by atoms with Gasteiger partial charge in [0.05, 0.1) is 18.9 Å². The van der Waals surface area contributed by atoms with E-state index in [9.17, 15) is 0 Å². The molecule has 0 bridgehead atoms. The predicted octanol–water partition coefficient (Wildman–Crippen LogP) is 1.20. The number of methoxy groups -OCH3 is 1. The number of aliphatic hydroxyl groups excluding tert-OH is 1. The van der Waals surface area contributed by atoms with E-state index < -0.39 is 0 Å². The van der Waals surface area contributed by atoms with E-state index in [-0.39, 0.29) is 6.10 Å². The van der Waals surface area contributed by atoms with E-state index in [2.05, 4.69) is 0 Å². The van der Waals surface area contributed by atoms with Crippen LogP contribution in [-0.4, -0.2) is 18.3 Å². The lowest BCUT2D eigenvalue weighted by molar-refractivity contribution is 0.195. The molecule has 0 amide bonds. The minimum Gasteiger partial charge on any atom is -0.495 e. The Balaban J connectivity index is 2.83. The lowest BCUT2D eigenvalue weighted by Gasteiger charge is -2.08. The molecule has 0 heterocycles. The van der Waals surface area contributed by atoms with Crippen LogP contribution in [0, 0.1) is 0 Å². The maximum Gasteiger partial charge on any atom is 0.141 e. The second-order valence-corrected chi connectivity index (χ2v) is 3.13. The second-order valence-electron chi connectivity index (χ2n) is 3.13. The van der Waals surface area contributed by atoms with Gasteiger partial charge in [0, 0.05) is 0 Å². The molecule has 0 aliphatic carbocycles. The molecule has 0 saturated heterocycles. The van der Waals surface area contributed by atoms with E-state index >= 15 is 0 Å². The van der Waals surface area contributed by atoms with Crippen LogP contribution in [0.5, 0.6) is 5.75 Å². The van der Waals surface area contributed by atoms with Crippen molar-refractivity contribution < 1.29 is 9.84 Å². The van der Waals surface area contributed by atoms with Crippen molar-refractivity contribution in [2.75, 3.05) is 12.8 Å². The van der Waals surface area contributed by atoms with Crippen LogP contribution in [-0.2, 0) is 6.42 Å². The Hall–Kier alpha value is -1.22. The van der Waals surface area contributed by atoms with Crippen molar-refractivity contribution >= 4 is 5.69 Å². The molecule has 0 radical (unpaired) electrons. The van der Waals surface area contributed by atoms with Crippen LogP contribution in [0.25, 0.3) is 0 Å². The maximum atomic E-state index is 9.15. The van der Waals surface area contributed by atoms with E-state index in [4.69, 9.17) is 15.6 Å². The highest BCUT2D eigenvalue weighted by Crippen LogP contribution is 2.22. The van der Waals surface area contributed by atoms with Gasteiger partial charge in [-0.1, -0.05) is 6.07 Å². The number of anilines is 1. The van der Waals surface area contributed by atoms with Crippen LogP contribution >= 0.6 is 0 Å². The average molecular weight is 181 g/mol. The molecular weight excluding hydrogens is 166 g/mol. The summed E-state index contributed by atoms with van der Waals surface area (Å²) in [5.74, 6) is 0.675. The van der Waals surface area contributed by atoms with Gasteiger partial charge in [-0.25, -0.2) is 0 Å². The first-order valence-corrected chi connectivity index (χ1v) is 4.24. The SMILES string of the molecule is COc1ccc(CC(C)O)cc1N. The van der Waals surface area contributed by atoms with Crippen molar-refractivity contribution in [1.82, 2.24) is 0 Å². The molecule has 0 aromatic heterocycles. The summed E-state index contributed by atoms with van der Waals surface area (Å²) in [7, 11) is 1.58. The van der Waals surface area contributed by atoms with Crippen molar-refractivity contribution in [2.45, 2.75) is 19.4 Å². The first-order valence-electron chi connectivity index (χ1n) is 4.24. The lowest BCUT2D eigenvalue weighted by atomic mass is 10.1. The smallest absolute Gasteiger partial charge is 0.141 e. The molecule has 0 aliphatic rings. The Bertz CT molecular complexity index is 284. The second kappa shape index (κ2) is 4.14. The first-order chi connectivity index (χ1) is 6.13. The Morgan fingerprint density at radius 3 is 2.69 bits per heavy atom. The van der Waals surface area contributed by atoms with E-state index in [1.165, 1.54) is 0 Å². The van der Waals surface area contributed by atoms with E-state index in [0.717, 1.165) is 5.56 Å². The number of benzene rings is 1. The topological polar surface area (TPSA) is 55.5 Å². The summed E-state index contributed by atoms with van der Waals surface area (Å²) in [6, 6.07) is 5.54. The van der Waals surface area contributed by atoms with Gasteiger partial charge in [0.15, 0.2) is 0 Å². The van der Waals surface area contributed by atoms with Crippen molar-refractivity contribution in [3.63, 3.8) is 0 Å². The molecule has 1 unspecified atom stereocenters. The normalized spacial score (nSPS) is 12.5. The van der Waals surface area contributed by atoms with Crippen molar-refractivity contribution in [1.29, 1.82) is 0 Å². The van der Waals surface area contributed by atoms with Gasteiger partial charge in [-0.15, -0.1) is 0 Å². The molecule has 72 valence electrons. The fourth-order valence-electron chi connectivity index (χ4n) is 1.25. The van der Waals surface area contributed by atoms with Crippen LogP contribution in [0.2, 0.25) is 0 Å². The molecule has 0 aliphatic heterocycles. The first kappa shape index (κ1) is 9.86. The minimum absolute atomic E-state index is 0.340. The highest BCUT2D eigenvalue weighted by Gasteiger charge is 2.02. The molecule has 3 nitrogen and oxygen atoms in total. The molecule has 3 N–H and O–H groups in total. The van der Waals surface area contributed by atoms with Crippen LogP contribution < -0.4 is 10.5 Å². The zero-order valence-corrected chi connectivity index (χ0v) is 7.95. The van der Waals surface area contributed by atoms with Crippen LogP contribution in [0.1, 0.15) is 12.5 Å². The molecule has 1 aromatic carbocycles. The third-order valence-electron chi connectivity index (χ3n) is 1.83. The lowest BCUT2D eigenvalue weighted by Crippen LogP contribution is -2.04. The monoisotopic (exact) mass is 181 g/mol. The molecule has 0 fully saturated rings. The largest absolute Gasteiger partial charge is 0.495 e. The molecule has 3 heteroatoms. The summed E-state index contributed by atoms with van der Waals surface area (Å²) < 4.78 is 5.02. The predicted molar refractivity (Wildman–Crippen MR) is 52.8 cm³/mol. The van der Waals surface area contributed by atoms with Crippen molar-refractivity contribution in [3.8, 4) is 5.75 Å². The van der Waals surface area contributed by atoms with Gasteiger partial charge in [0.1, 0.15) is 5.75 Å². The summed E-state index contributed by atoms with van der Waals surface area (Å²) >= 11 is 0. The number of nitrogens with two attached hydrogens (primary N) is 1. The quantitative estimate of drug-likeness (QED) is 0.689. The van der Waals surface area contributed by atoms with Gasteiger partial charge in [0.2, 0.25) is 0 Å². The van der Waals surface area contributed by atoms with Crippen LogP contribution in [0.3, 0.4) is 0 Å². The standard InChI is InChI=1S/C10H15NO2/c1-7(12)5-8-3-4-10(13-2)9(11)6-8/h3-4,6-7,12H,5,11H2,1-2H3. The van der Waals surface area contributed by atoms with Gasteiger partial charge >= 0.3 is 0 Å². The van der Waals surface area contributed by atoms with Crippen LogP contribution in [0.4, 0.5) is 5.69 Å². The summed E-state index contributed by atoms with van der Waals surface area (Å²) in [5.41, 5.74) is 7.33. The molecule has 1 atom stereocenters. The average Bonchev–Trinajstić information content (AvgIpc) is 2.03. The summed E-state index contributed by atoms with van der Waals surface area (Å²) in [5, 5.41) is 9.15. The van der Waals surface area contributed by atoms with Crippen molar-refractivity contribution in [3.05, 3.63) is 23.8 Å². The van der Waals surface area contributed by atoms with E-state index in [1.807, 2.05) is 18.2 Å². The number of hydrogen-bond acceptors (Lipinski definition) is 3. The molecule has 0 spiro atoms. The molecule has 1 aromatic rings. The summed E-state index contributed by atoms with van der Waals surface area (Å²) in [6.45, 7) is 1.75. The van der Waals surface area contributed by atoms with Gasteiger partial charge in [-0.05, 0) is 31.0 Å². The maximum absolute atomic E-state index is 9.15. The number of rotatable bonds is 3. The van der Waals surface area contributed by atoms with Gasteiger partial charge in [0.25, 0.3) is 0 Å². The number of nitrogen functional groups attached to an aromatic ring is 1. The fraction of sp³-hybridized carbons (Fsp3) is 0.400. The molecular formula is C10H15NO2. The molecule has 1 rings (SSSR count). The fourth-order valence-corrected chi connectivity index (χ4v) is 1.25. The van der Waals surface area contributed by atoms with Gasteiger partial charge in [-0.2, -0.15) is 0 Å². The van der Waals surface area contributed by atoms with Crippen LogP contribution in [0.15, 0.2) is 18.2 Å². The van der Waals surface area contributed by atoms with E-state index in [0.29, 0.717) is 17.9 Å². The number of aliphatic hydroxyl groups is 1. The van der Waals surface area contributed by atoms with Crippen molar-refractivity contribution in [2.24, 2.45) is 0 Å². The molecule has 0 saturated carbocycles. The number of ether oxygens (including phenoxy) is 1. The number of hydrogen-bond donors (Lipinski definition) is 2. The van der Waals surface area contributed by atoms with Gasteiger partial charge in [-0.3, -0.25) is 0 Å². The Kier molecular flexibility index (Phi) is 3.14. The minimum atomic E-state index is -0.340. The summed E-state index contributed by atoms with van der Waals surface area (Å²) in [4.78, 5) is 0. The third-order valence-corrected chi connectivity index (χ3v) is 1.83. The molecule has 13 heavy (non-hydrogen) atoms. The zero-order valence-electron chi connectivity index (χ0n) is 7.95. The third kappa shape index (κ3) is 2.63. The Morgan fingerprint density at radius 1 is 1.54 bits per heavy atom. The summed E-state index contributed by atoms with van der Waals surface area (Å²) in [6.07, 6.45) is 0.279. The Morgan fingerprint density at radius 2 is 2.23 bits per heavy atom. The van der Waals surface area contributed by atoms with Gasteiger partial charge < -0.3 is 15.6 Å². The Labute approximate surface area is 78.1 Å². The van der Waals surface area contributed by atoms with E-state index in [1.54, 1.807) is 14.0 Å².